The Kier molecular flexibility index (Phi) is 4.54. The zero-order valence-electron chi connectivity index (χ0n) is 14.9. The van der Waals surface area contributed by atoms with E-state index < -0.39 is 9.84 Å². The lowest BCUT2D eigenvalue weighted by molar-refractivity contribution is 0.415. The number of aromatic nitrogens is 1. The van der Waals surface area contributed by atoms with Crippen LogP contribution in [-0.2, 0) is 21.3 Å². The van der Waals surface area contributed by atoms with Crippen LogP contribution in [-0.4, -0.2) is 20.5 Å². The van der Waals surface area contributed by atoms with Crippen LogP contribution < -0.4 is 4.74 Å². The minimum atomic E-state index is -3.36. The van der Waals surface area contributed by atoms with Crippen molar-refractivity contribution in [2.45, 2.75) is 11.5 Å². The maximum Gasteiger partial charge on any atom is 0.160 e. The topological polar surface area (TPSA) is 56.3 Å². The van der Waals surface area contributed by atoms with Gasteiger partial charge in [-0.15, -0.1) is 0 Å². The lowest BCUT2D eigenvalue weighted by Gasteiger charge is -2.11. The fourth-order valence-electron chi connectivity index (χ4n) is 3.33. The van der Waals surface area contributed by atoms with Gasteiger partial charge in [-0.3, -0.25) is 4.98 Å². The van der Waals surface area contributed by atoms with Crippen LogP contribution in [0, 0.1) is 0 Å². The Morgan fingerprint density at radius 1 is 0.815 bits per heavy atom. The number of nitrogens with zero attached hydrogens (tertiary/aromatic N) is 1. The summed E-state index contributed by atoms with van der Waals surface area (Å²) in [5, 5.41) is 2.84. The standard InChI is InChI=1S/C22H19NO3S/c1-26-17-11-12-20-18-9-5-6-10-19(18)22(23-21(20)13-17)15-27(24,25)14-16-7-3-2-4-8-16/h2-13H,14-15H2,1H3. The predicted octanol–water partition coefficient (Wildman–Crippen LogP) is 4.51. The summed E-state index contributed by atoms with van der Waals surface area (Å²) in [5.41, 5.74) is 2.09. The second-order valence-electron chi connectivity index (χ2n) is 6.51. The first-order valence-corrected chi connectivity index (χ1v) is 10.5. The fraction of sp³-hybridized carbons (Fsp3) is 0.136. The number of rotatable bonds is 5. The lowest BCUT2D eigenvalue weighted by Crippen LogP contribution is -2.09. The fourth-order valence-corrected chi connectivity index (χ4v) is 4.77. The second kappa shape index (κ2) is 7.00. The summed E-state index contributed by atoms with van der Waals surface area (Å²) in [4.78, 5) is 4.68. The molecular formula is C22H19NO3S. The normalized spacial score (nSPS) is 11.7. The van der Waals surface area contributed by atoms with Gasteiger partial charge in [0.15, 0.2) is 9.84 Å². The number of pyridine rings is 1. The first-order valence-electron chi connectivity index (χ1n) is 8.65. The summed E-state index contributed by atoms with van der Waals surface area (Å²) in [5.74, 6) is 0.596. The molecule has 0 saturated heterocycles. The van der Waals surface area contributed by atoms with Gasteiger partial charge in [-0.1, -0.05) is 54.6 Å². The summed E-state index contributed by atoms with van der Waals surface area (Å²) < 4.78 is 30.9. The Labute approximate surface area is 158 Å². The quantitative estimate of drug-likeness (QED) is 0.480. The molecule has 1 heterocycles. The van der Waals surface area contributed by atoms with Gasteiger partial charge < -0.3 is 4.74 Å². The molecule has 4 aromatic rings. The smallest absolute Gasteiger partial charge is 0.160 e. The SMILES string of the molecule is COc1ccc2c(c1)nc(CS(=O)(=O)Cc1ccccc1)c1ccccc12. The molecule has 0 aliphatic carbocycles. The largest absolute Gasteiger partial charge is 0.497 e. The molecular weight excluding hydrogens is 358 g/mol. The van der Waals surface area contributed by atoms with Crippen LogP contribution in [0.15, 0.2) is 72.8 Å². The minimum absolute atomic E-state index is 0.00000512. The third kappa shape index (κ3) is 3.64. The monoisotopic (exact) mass is 377 g/mol. The summed E-state index contributed by atoms with van der Waals surface area (Å²) in [6, 6.07) is 22.7. The van der Waals surface area contributed by atoms with Crippen molar-refractivity contribution < 1.29 is 13.2 Å². The Hall–Kier alpha value is -2.92. The highest BCUT2D eigenvalue weighted by Crippen LogP contribution is 2.30. The van der Waals surface area contributed by atoms with Gasteiger partial charge in [-0.2, -0.15) is 0 Å². The van der Waals surface area contributed by atoms with Gasteiger partial charge in [0.25, 0.3) is 0 Å². The molecule has 0 atom stereocenters. The maximum atomic E-state index is 12.8. The van der Waals surface area contributed by atoms with Crippen molar-refractivity contribution in [2.75, 3.05) is 7.11 Å². The molecule has 0 fully saturated rings. The molecule has 0 saturated carbocycles. The predicted molar refractivity (Wildman–Crippen MR) is 109 cm³/mol. The molecule has 0 N–H and O–H groups in total. The number of methoxy groups -OCH3 is 1. The number of fused-ring (bicyclic) bond motifs is 3. The molecule has 0 bridgehead atoms. The number of hydrogen-bond acceptors (Lipinski definition) is 4. The van der Waals surface area contributed by atoms with Gasteiger partial charge in [0.1, 0.15) is 5.75 Å². The Morgan fingerprint density at radius 3 is 2.26 bits per heavy atom. The van der Waals surface area contributed by atoms with Crippen molar-refractivity contribution in [3.8, 4) is 5.75 Å². The van der Waals surface area contributed by atoms with E-state index in [-0.39, 0.29) is 11.5 Å². The highest BCUT2D eigenvalue weighted by atomic mass is 32.2. The zero-order valence-corrected chi connectivity index (χ0v) is 15.7. The van der Waals surface area contributed by atoms with E-state index in [1.807, 2.05) is 72.8 Å². The molecule has 1 aromatic heterocycles. The first-order chi connectivity index (χ1) is 13.1. The van der Waals surface area contributed by atoms with Crippen molar-refractivity contribution in [1.82, 2.24) is 4.98 Å². The van der Waals surface area contributed by atoms with Gasteiger partial charge in [-0.05, 0) is 23.1 Å². The number of sulfone groups is 1. The van der Waals surface area contributed by atoms with Crippen molar-refractivity contribution >= 4 is 31.5 Å². The molecule has 0 unspecified atom stereocenters. The van der Waals surface area contributed by atoms with Crippen LogP contribution in [0.5, 0.6) is 5.75 Å². The zero-order chi connectivity index (χ0) is 18.9. The average molecular weight is 377 g/mol. The Bertz CT molecular complexity index is 1220. The summed E-state index contributed by atoms with van der Waals surface area (Å²) in [6.07, 6.45) is 0. The molecule has 4 rings (SSSR count). The van der Waals surface area contributed by atoms with Crippen LogP contribution in [0.2, 0.25) is 0 Å². The lowest BCUT2D eigenvalue weighted by atomic mass is 10.0. The van der Waals surface area contributed by atoms with E-state index in [4.69, 9.17) is 4.74 Å². The summed E-state index contributed by atoms with van der Waals surface area (Å²) >= 11 is 0. The van der Waals surface area contributed by atoms with Gasteiger partial charge >= 0.3 is 0 Å². The third-order valence-corrected chi connectivity index (χ3v) is 6.06. The molecule has 0 aliphatic rings. The van der Waals surface area contributed by atoms with E-state index in [9.17, 15) is 8.42 Å². The minimum Gasteiger partial charge on any atom is -0.497 e. The van der Waals surface area contributed by atoms with Crippen LogP contribution in [0.1, 0.15) is 11.3 Å². The van der Waals surface area contributed by atoms with Gasteiger partial charge in [-0.25, -0.2) is 8.42 Å². The number of ether oxygens (including phenoxy) is 1. The first kappa shape index (κ1) is 17.5. The van der Waals surface area contributed by atoms with E-state index in [2.05, 4.69) is 4.98 Å². The highest BCUT2D eigenvalue weighted by molar-refractivity contribution is 7.89. The molecule has 0 radical (unpaired) electrons. The molecule has 0 amide bonds. The maximum absolute atomic E-state index is 12.8. The van der Waals surface area contributed by atoms with E-state index in [0.717, 1.165) is 27.2 Å². The van der Waals surface area contributed by atoms with Gasteiger partial charge in [0.05, 0.1) is 29.8 Å². The number of benzene rings is 3. The van der Waals surface area contributed by atoms with Crippen molar-refractivity contribution in [3.63, 3.8) is 0 Å². The van der Waals surface area contributed by atoms with E-state index in [0.29, 0.717) is 11.4 Å². The van der Waals surface area contributed by atoms with Crippen LogP contribution in [0.4, 0.5) is 0 Å². The van der Waals surface area contributed by atoms with Gasteiger partial charge in [0, 0.05) is 16.8 Å². The molecule has 3 aromatic carbocycles. The molecule has 5 heteroatoms. The van der Waals surface area contributed by atoms with Crippen LogP contribution in [0.25, 0.3) is 21.7 Å². The van der Waals surface area contributed by atoms with Crippen molar-refractivity contribution in [1.29, 1.82) is 0 Å². The van der Waals surface area contributed by atoms with Crippen LogP contribution in [0.3, 0.4) is 0 Å². The summed E-state index contributed by atoms with van der Waals surface area (Å²) in [6.45, 7) is 0. The number of hydrogen-bond donors (Lipinski definition) is 0. The van der Waals surface area contributed by atoms with Gasteiger partial charge in [0.2, 0.25) is 0 Å². The van der Waals surface area contributed by atoms with Crippen molar-refractivity contribution in [3.05, 3.63) is 84.1 Å². The molecule has 136 valence electrons. The molecule has 0 aliphatic heterocycles. The second-order valence-corrected chi connectivity index (χ2v) is 8.57. The van der Waals surface area contributed by atoms with Crippen LogP contribution >= 0.6 is 0 Å². The third-order valence-electron chi connectivity index (χ3n) is 4.57. The summed E-state index contributed by atoms with van der Waals surface area (Å²) in [7, 11) is -1.75. The highest BCUT2D eigenvalue weighted by Gasteiger charge is 2.17. The average Bonchev–Trinajstić information content (AvgIpc) is 2.68. The molecule has 0 spiro atoms. The Balaban J connectivity index is 1.82. The van der Waals surface area contributed by atoms with E-state index in [1.54, 1.807) is 7.11 Å². The van der Waals surface area contributed by atoms with Crippen molar-refractivity contribution in [2.24, 2.45) is 0 Å². The van der Waals surface area contributed by atoms with E-state index >= 15 is 0 Å². The Morgan fingerprint density at radius 2 is 1.52 bits per heavy atom. The molecule has 4 nitrogen and oxygen atoms in total. The molecule has 27 heavy (non-hydrogen) atoms. The van der Waals surface area contributed by atoms with E-state index in [1.165, 1.54) is 0 Å².